The van der Waals surface area contributed by atoms with Crippen molar-refractivity contribution in [3.8, 4) is 0 Å². The number of hydrogen-bond donors (Lipinski definition) is 2. The molecule has 92 valence electrons. The van der Waals surface area contributed by atoms with Gasteiger partial charge in [-0.25, -0.2) is 0 Å². The number of nitrogens with one attached hydrogen (secondary N) is 1. The maximum Gasteiger partial charge on any atom is 0.105 e. The highest BCUT2D eigenvalue weighted by atomic mass is 15.2. The van der Waals surface area contributed by atoms with Crippen LogP contribution >= 0.6 is 0 Å². The van der Waals surface area contributed by atoms with Crippen LogP contribution in [0.25, 0.3) is 0 Å². The third-order valence-corrected chi connectivity index (χ3v) is 3.86. The zero-order valence-corrected chi connectivity index (χ0v) is 10.1. The number of nitrogens with zero attached hydrogens (tertiary/aromatic N) is 2. The van der Waals surface area contributed by atoms with E-state index in [2.05, 4.69) is 9.80 Å². The van der Waals surface area contributed by atoms with E-state index in [9.17, 15) is 0 Å². The molecule has 2 saturated heterocycles. The van der Waals surface area contributed by atoms with Crippen LogP contribution in [0.1, 0.15) is 32.1 Å². The summed E-state index contributed by atoms with van der Waals surface area (Å²) in [5.74, 6) is 0.302. The van der Waals surface area contributed by atoms with Gasteiger partial charge in [-0.15, -0.1) is 0 Å². The van der Waals surface area contributed by atoms with E-state index in [1.807, 2.05) is 0 Å². The molecule has 0 aromatic heterocycles. The molecule has 16 heavy (non-hydrogen) atoms. The molecule has 3 N–H and O–H groups in total. The van der Waals surface area contributed by atoms with E-state index in [4.69, 9.17) is 11.1 Å². The minimum Gasteiger partial charge on any atom is -0.387 e. The molecule has 4 heteroatoms. The largest absolute Gasteiger partial charge is 0.387 e. The maximum absolute atomic E-state index is 7.30. The molecule has 2 heterocycles. The Bertz CT molecular complexity index is 227. The number of hydrogen-bond acceptors (Lipinski definition) is 3. The Morgan fingerprint density at radius 1 is 1.06 bits per heavy atom. The number of nitrogens with two attached hydrogens (primary N) is 1. The predicted octanol–water partition coefficient (Wildman–Crippen LogP) is 0.873. The first kappa shape index (κ1) is 11.9. The normalized spacial score (nSPS) is 25.8. The molecule has 0 amide bonds. The second-order valence-corrected chi connectivity index (χ2v) is 5.13. The fourth-order valence-corrected chi connectivity index (χ4v) is 2.97. The number of rotatable bonds is 3. The van der Waals surface area contributed by atoms with Gasteiger partial charge in [0.1, 0.15) is 5.84 Å². The summed E-state index contributed by atoms with van der Waals surface area (Å²) >= 11 is 0. The molecule has 2 rings (SSSR count). The van der Waals surface area contributed by atoms with Crippen LogP contribution in [-0.4, -0.2) is 54.4 Å². The van der Waals surface area contributed by atoms with Crippen LogP contribution in [0.15, 0.2) is 0 Å². The molecule has 0 aliphatic carbocycles. The summed E-state index contributed by atoms with van der Waals surface area (Å²) in [6.45, 7) is 5.49. The monoisotopic (exact) mass is 224 g/mol. The van der Waals surface area contributed by atoms with Crippen LogP contribution in [-0.2, 0) is 0 Å². The topological polar surface area (TPSA) is 56.4 Å². The lowest BCUT2D eigenvalue weighted by Crippen LogP contribution is -2.48. The Morgan fingerprint density at radius 3 is 2.25 bits per heavy atom. The van der Waals surface area contributed by atoms with Crippen LogP contribution in [0.5, 0.6) is 0 Å². The van der Waals surface area contributed by atoms with Crippen LogP contribution < -0.4 is 5.73 Å². The molecule has 0 bridgehead atoms. The van der Waals surface area contributed by atoms with E-state index < -0.39 is 0 Å². The van der Waals surface area contributed by atoms with Gasteiger partial charge in [0.25, 0.3) is 0 Å². The van der Waals surface area contributed by atoms with E-state index in [0.29, 0.717) is 12.4 Å². The number of likely N-dealkylation sites (tertiary alicyclic amines) is 2. The Morgan fingerprint density at radius 2 is 1.69 bits per heavy atom. The van der Waals surface area contributed by atoms with Gasteiger partial charge < -0.3 is 10.6 Å². The molecule has 0 unspecified atom stereocenters. The predicted molar refractivity (Wildman–Crippen MR) is 66.8 cm³/mol. The fraction of sp³-hybridized carbons (Fsp3) is 0.917. The lowest BCUT2D eigenvalue weighted by Gasteiger charge is -2.40. The average Bonchev–Trinajstić information content (AvgIpc) is 2.30. The van der Waals surface area contributed by atoms with Gasteiger partial charge in [0.2, 0.25) is 0 Å². The summed E-state index contributed by atoms with van der Waals surface area (Å²) in [7, 11) is 0. The zero-order chi connectivity index (χ0) is 11.4. The average molecular weight is 224 g/mol. The van der Waals surface area contributed by atoms with E-state index in [0.717, 1.165) is 19.1 Å². The van der Waals surface area contributed by atoms with Crippen molar-refractivity contribution < 1.29 is 0 Å². The van der Waals surface area contributed by atoms with Gasteiger partial charge in [0.15, 0.2) is 0 Å². The first-order chi connectivity index (χ1) is 7.75. The second-order valence-electron chi connectivity index (χ2n) is 5.13. The van der Waals surface area contributed by atoms with Gasteiger partial charge in [0, 0.05) is 19.1 Å². The Kier molecular flexibility index (Phi) is 4.18. The van der Waals surface area contributed by atoms with Gasteiger partial charge in [-0.1, -0.05) is 6.42 Å². The third-order valence-electron chi connectivity index (χ3n) is 3.86. The number of piperidine rings is 2. The summed E-state index contributed by atoms with van der Waals surface area (Å²) < 4.78 is 0. The first-order valence-corrected chi connectivity index (χ1v) is 6.55. The highest BCUT2D eigenvalue weighted by molar-refractivity contribution is 5.78. The van der Waals surface area contributed by atoms with Crippen LogP contribution in [0.4, 0.5) is 0 Å². The first-order valence-electron chi connectivity index (χ1n) is 6.55. The van der Waals surface area contributed by atoms with Gasteiger partial charge in [-0.05, 0) is 38.8 Å². The highest BCUT2D eigenvalue weighted by Gasteiger charge is 2.25. The van der Waals surface area contributed by atoms with Crippen molar-refractivity contribution in [2.75, 3.05) is 32.7 Å². The molecule has 0 aromatic rings. The van der Waals surface area contributed by atoms with Crippen molar-refractivity contribution in [2.45, 2.75) is 38.1 Å². The zero-order valence-electron chi connectivity index (χ0n) is 10.1. The van der Waals surface area contributed by atoms with E-state index in [1.165, 1.54) is 45.2 Å². The maximum atomic E-state index is 7.30. The molecule has 0 atom stereocenters. The van der Waals surface area contributed by atoms with Gasteiger partial charge in [-0.2, -0.15) is 0 Å². The third kappa shape index (κ3) is 3.19. The SMILES string of the molecule is N=C(N)CN1CCC(N2CCCCC2)CC1. The summed E-state index contributed by atoms with van der Waals surface area (Å²) in [6, 6.07) is 0.795. The highest BCUT2D eigenvalue weighted by Crippen LogP contribution is 2.20. The molecule has 0 saturated carbocycles. The van der Waals surface area contributed by atoms with E-state index >= 15 is 0 Å². The number of amidine groups is 1. The second kappa shape index (κ2) is 5.64. The van der Waals surface area contributed by atoms with E-state index in [1.54, 1.807) is 0 Å². The van der Waals surface area contributed by atoms with Crippen molar-refractivity contribution in [3.63, 3.8) is 0 Å². The Balaban J connectivity index is 1.73. The van der Waals surface area contributed by atoms with Gasteiger partial charge >= 0.3 is 0 Å². The summed E-state index contributed by atoms with van der Waals surface area (Å²) in [5.41, 5.74) is 5.43. The minimum atomic E-state index is 0.302. The lowest BCUT2D eigenvalue weighted by molar-refractivity contribution is 0.0987. The molecule has 2 aliphatic rings. The molecular formula is C12H24N4. The summed E-state index contributed by atoms with van der Waals surface area (Å²) in [4.78, 5) is 4.98. The standard InChI is InChI=1S/C12H24N4/c13-12(14)10-15-8-4-11(5-9-15)16-6-2-1-3-7-16/h11H,1-10H2,(H3,13,14). The molecule has 0 radical (unpaired) electrons. The molecule has 0 aromatic carbocycles. The van der Waals surface area contributed by atoms with Crippen LogP contribution in [0.3, 0.4) is 0 Å². The molecular weight excluding hydrogens is 200 g/mol. The summed E-state index contributed by atoms with van der Waals surface area (Å²) in [6.07, 6.45) is 6.70. The lowest BCUT2D eigenvalue weighted by atomic mass is 10.00. The van der Waals surface area contributed by atoms with Crippen molar-refractivity contribution in [1.82, 2.24) is 9.80 Å². The van der Waals surface area contributed by atoms with Crippen molar-refractivity contribution in [1.29, 1.82) is 5.41 Å². The van der Waals surface area contributed by atoms with Crippen LogP contribution in [0, 0.1) is 5.41 Å². The summed E-state index contributed by atoms with van der Waals surface area (Å²) in [5, 5.41) is 7.30. The van der Waals surface area contributed by atoms with E-state index in [-0.39, 0.29) is 0 Å². The van der Waals surface area contributed by atoms with Crippen molar-refractivity contribution >= 4 is 5.84 Å². The van der Waals surface area contributed by atoms with Gasteiger partial charge in [-0.3, -0.25) is 10.3 Å². The fourth-order valence-electron chi connectivity index (χ4n) is 2.97. The van der Waals surface area contributed by atoms with Crippen LogP contribution in [0.2, 0.25) is 0 Å². The van der Waals surface area contributed by atoms with Gasteiger partial charge in [0.05, 0.1) is 6.54 Å². The Labute approximate surface area is 98.3 Å². The molecule has 2 aliphatic heterocycles. The minimum absolute atomic E-state index is 0.302. The Hall–Kier alpha value is -0.610. The molecule has 4 nitrogen and oxygen atoms in total. The van der Waals surface area contributed by atoms with Crippen molar-refractivity contribution in [2.24, 2.45) is 5.73 Å². The molecule has 0 spiro atoms. The quantitative estimate of drug-likeness (QED) is 0.552. The smallest absolute Gasteiger partial charge is 0.105 e. The van der Waals surface area contributed by atoms with Crippen molar-refractivity contribution in [3.05, 3.63) is 0 Å². The molecule has 2 fully saturated rings.